The van der Waals surface area contributed by atoms with E-state index in [1.807, 2.05) is 24.4 Å². The van der Waals surface area contributed by atoms with E-state index in [9.17, 15) is 8.76 Å². The maximum atomic E-state index is 11.3. The molecule has 0 bridgehead atoms. The van der Waals surface area contributed by atoms with Crippen LogP contribution in [-0.4, -0.2) is 21.2 Å². The first-order chi connectivity index (χ1) is 8.66. The molecule has 6 heteroatoms. The van der Waals surface area contributed by atoms with Gasteiger partial charge in [-0.15, -0.1) is 0 Å². The molecule has 0 aliphatic carbocycles. The number of rotatable bonds is 2. The van der Waals surface area contributed by atoms with Crippen molar-refractivity contribution in [3.05, 3.63) is 30.5 Å². The van der Waals surface area contributed by atoms with Gasteiger partial charge >= 0.3 is 29.6 Å². The van der Waals surface area contributed by atoms with E-state index in [0.717, 1.165) is 10.9 Å². The van der Waals surface area contributed by atoms with Crippen molar-refractivity contribution in [2.24, 2.45) is 0 Å². The summed E-state index contributed by atoms with van der Waals surface area (Å²) < 4.78 is 24.8. The molecule has 104 valence electrons. The van der Waals surface area contributed by atoms with Crippen LogP contribution in [0.15, 0.2) is 35.4 Å². The first-order valence-corrected chi connectivity index (χ1v) is 10.4. The normalized spacial score (nSPS) is 14.1. The number of hydrogen-bond donors (Lipinski definition) is 0. The summed E-state index contributed by atoms with van der Waals surface area (Å²) in [5.41, 5.74) is 1.02. The summed E-state index contributed by atoms with van der Waals surface area (Å²) in [5.74, 6) is 0. The van der Waals surface area contributed by atoms with Crippen molar-refractivity contribution in [1.29, 1.82) is 0 Å². The van der Waals surface area contributed by atoms with Crippen molar-refractivity contribution in [1.82, 2.24) is 4.23 Å². The van der Waals surface area contributed by atoms with E-state index in [1.165, 1.54) is 0 Å². The van der Waals surface area contributed by atoms with Gasteiger partial charge in [-0.3, -0.25) is 4.21 Å². The van der Waals surface area contributed by atoms with Crippen molar-refractivity contribution in [2.45, 2.75) is 43.8 Å². The average molecular weight is 317 g/mol. The number of hydrogen-bond acceptors (Lipinski definition) is 2. The van der Waals surface area contributed by atoms with Gasteiger partial charge in [0.2, 0.25) is 0 Å². The Morgan fingerprint density at radius 2 is 1.80 bits per heavy atom. The van der Waals surface area contributed by atoms with Crippen LogP contribution >= 0.6 is 0 Å². The van der Waals surface area contributed by atoms with Crippen LogP contribution in [0.3, 0.4) is 0 Å². The van der Waals surface area contributed by atoms with Crippen LogP contribution < -0.4 is 29.6 Å². The van der Waals surface area contributed by atoms with Gasteiger partial charge in [-0.05, 0) is 40.5 Å². The van der Waals surface area contributed by atoms with Crippen molar-refractivity contribution in [2.75, 3.05) is 0 Å². The van der Waals surface area contributed by atoms with Crippen molar-refractivity contribution < 1.29 is 38.3 Å². The Morgan fingerprint density at radius 3 is 2.30 bits per heavy atom. The van der Waals surface area contributed by atoms with E-state index in [1.54, 1.807) is 6.07 Å². The zero-order valence-electron chi connectivity index (χ0n) is 13.1. The Hall–Kier alpha value is 0.0869. The molecule has 1 heterocycles. The van der Waals surface area contributed by atoms with Gasteiger partial charge in [0.15, 0.2) is 8.24 Å². The summed E-state index contributed by atoms with van der Waals surface area (Å²) in [7, 11) is -1.74. The molecular formula is C14H20NNaO2SSi. The minimum atomic E-state index is -2.19. The minimum absolute atomic E-state index is 0. The third-order valence-electron chi connectivity index (χ3n) is 4.31. The van der Waals surface area contributed by atoms with Gasteiger partial charge < -0.3 is 8.79 Å². The fraction of sp³-hybridized carbons (Fsp3) is 0.429. The van der Waals surface area contributed by atoms with Crippen LogP contribution in [0.5, 0.6) is 0 Å². The molecule has 0 amide bonds. The Labute approximate surface area is 146 Å². The fourth-order valence-electron chi connectivity index (χ4n) is 2.13. The Bertz CT molecular complexity index is 646. The van der Waals surface area contributed by atoms with E-state index in [-0.39, 0.29) is 34.6 Å². The third-order valence-corrected chi connectivity index (χ3v) is 10.3. The molecule has 0 fully saturated rings. The smallest absolute Gasteiger partial charge is 0.768 e. The quantitative estimate of drug-likeness (QED) is 0.606. The zero-order chi connectivity index (χ0) is 14.4. The van der Waals surface area contributed by atoms with Crippen LogP contribution in [-0.2, 0) is 11.1 Å². The summed E-state index contributed by atoms with van der Waals surface area (Å²) >= 11 is -2.19. The van der Waals surface area contributed by atoms with Gasteiger partial charge in [-0.25, -0.2) is 0 Å². The SMILES string of the molecule is CC(C)(C)[Si](C)(C)n1ccc2c(S(=O)[O-])cccc21.[Na+]. The number of benzene rings is 1. The van der Waals surface area contributed by atoms with Gasteiger partial charge in [0.25, 0.3) is 0 Å². The van der Waals surface area contributed by atoms with E-state index in [0.29, 0.717) is 4.90 Å². The maximum Gasteiger partial charge on any atom is 1.00 e. The standard InChI is InChI=1S/C14H21NO2SSi.Na/c1-14(2,3)19(4,5)15-10-9-11-12(15)7-6-8-13(11)18(16)17;/h6-10H,1-5H3,(H,16,17);/q;+1/p-1. The predicted molar refractivity (Wildman–Crippen MR) is 81.7 cm³/mol. The molecule has 0 radical (unpaired) electrons. The molecule has 0 N–H and O–H groups in total. The summed E-state index contributed by atoms with van der Waals surface area (Å²) in [4.78, 5) is 0.384. The minimum Gasteiger partial charge on any atom is -0.768 e. The zero-order valence-corrected chi connectivity index (χ0v) is 16.9. The van der Waals surface area contributed by atoms with E-state index < -0.39 is 19.3 Å². The van der Waals surface area contributed by atoms with E-state index >= 15 is 0 Å². The molecule has 2 rings (SSSR count). The molecule has 1 aromatic heterocycles. The van der Waals surface area contributed by atoms with Gasteiger partial charge in [0.1, 0.15) is 0 Å². The summed E-state index contributed by atoms with van der Waals surface area (Å²) in [6.45, 7) is 11.4. The van der Waals surface area contributed by atoms with Gasteiger partial charge in [-0.2, -0.15) is 0 Å². The predicted octanol–water partition coefficient (Wildman–Crippen LogP) is 0.737. The molecule has 2 aromatic rings. The molecule has 20 heavy (non-hydrogen) atoms. The second-order valence-corrected chi connectivity index (χ2v) is 12.4. The second kappa shape index (κ2) is 6.06. The second-order valence-electron chi connectivity index (χ2n) is 6.42. The molecule has 1 unspecified atom stereocenters. The molecule has 3 nitrogen and oxygen atoms in total. The molecule has 0 saturated carbocycles. The van der Waals surface area contributed by atoms with Crippen LogP contribution in [0.25, 0.3) is 10.9 Å². The monoisotopic (exact) mass is 317 g/mol. The first-order valence-electron chi connectivity index (χ1n) is 6.36. The number of aromatic nitrogens is 1. The molecule has 1 aromatic carbocycles. The van der Waals surface area contributed by atoms with Crippen LogP contribution in [0, 0.1) is 0 Å². The third kappa shape index (κ3) is 2.98. The average Bonchev–Trinajstić information content (AvgIpc) is 2.70. The van der Waals surface area contributed by atoms with E-state index in [2.05, 4.69) is 38.1 Å². The molecular weight excluding hydrogens is 297 g/mol. The fourth-order valence-corrected chi connectivity index (χ4v) is 4.64. The maximum absolute atomic E-state index is 11.3. The summed E-state index contributed by atoms with van der Waals surface area (Å²) in [5, 5.41) is 1.02. The molecule has 0 aliphatic heterocycles. The van der Waals surface area contributed by atoms with Crippen LogP contribution in [0.4, 0.5) is 0 Å². The molecule has 0 saturated heterocycles. The van der Waals surface area contributed by atoms with E-state index in [4.69, 9.17) is 0 Å². The Kier molecular flexibility index (Phi) is 5.50. The first kappa shape index (κ1) is 18.1. The Balaban J connectivity index is 0.00000200. The Morgan fingerprint density at radius 1 is 1.20 bits per heavy atom. The topological polar surface area (TPSA) is 45.1 Å². The van der Waals surface area contributed by atoms with Crippen molar-refractivity contribution in [3.8, 4) is 0 Å². The van der Waals surface area contributed by atoms with Gasteiger partial charge in [0.05, 0.1) is 0 Å². The number of nitrogens with zero attached hydrogens (tertiary/aromatic N) is 1. The van der Waals surface area contributed by atoms with Gasteiger partial charge in [0, 0.05) is 15.8 Å². The van der Waals surface area contributed by atoms with Crippen LogP contribution in [0.2, 0.25) is 18.1 Å². The van der Waals surface area contributed by atoms with Gasteiger partial charge in [-0.1, -0.05) is 39.9 Å². The molecule has 1 atom stereocenters. The number of fused-ring (bicyclic) bond motifs is 1. The molecule has 0 spiro atoms. The van der Waals surface area contributed by atoms with Crippen molar-refractivity contribution in [3.63, 3.8) is 0 Å². The van der Waals surface area contributed by atoms with Crippen molar-refractivity contribution >= 4 is 30.2 Å². The molecule has 0 aliphatic rings. The largest absolute Gasteiger partial charge is 1.00 e. The van der Waals surface area contributed by atoms with Crippen LogP contribution in [0.1, 0.15) is 20.8 Å². The summed E-state index contributed by atoms with van der Waals surface area (Å²) in [6, 6.07) is 7.39. The summed E-state index contributed by atoms with van der Waals surface area (Å²) in [6.07, 6.45) is 2.04.